The third kappa shape index (κ3) is 2.56. The molecule has 0 aliphatic rings. The summed E-state index contributed by atoms with van der Waals surface area (Å²) < 4.78 is 13.1. The van der Waals surface area contributed by atoms with Crippen molar-refractivity contribution in [3.8, 4) is 0 Å². The van der Waals surface area contributed by atoms with Crippen LogP contribution in [0.2, 0.25) is 5.02 Å². The van der Waals surface area contributed by atoms with Gasteiger partial charge in [-0.3, -0.25) is 0 Å². The number of hydrogen-bond acceptors (Lipinski definition) is 1. The molecule has 1 nitrogen and oxygen atoms in total. The lowest BCUT2D eigenvalue weighted by Gasteiger charge is -2.12. The van der Waals surface area contributed by atoms with E-state index in [0.29, 0.717) is 5.56 Å². The third-order valence-electron chi connectivity index (χ3n) is 2.06. The maximum absolute atomic E-state index is 13.1. The van der Waals surface area contributed by atoms with Crippen molar-refractivity contribution in [2.24, 2.45) is 5.73 Å². The first-order valence-corrected chi connectivity index (χ1v) is 4.85. The fourth-order valence-corrected chi connectivity index (χ4v) is 1.53. The molecular weight excluding hydrogens is 201 g/mol. The monoisotopic (exact) mass is 213 g/mol. The SMILES string of the molecule is C=CCC[C@@H](N)c1cccc(F)c1Cl. The highest BCUT2D eigenvalue weighted by Crippen LogP contribution is 2.26. The van der Waals surface area contributed by atoms with Crippen LogP contribution < -0.4 is 5.73 Å². The molecule has 0 heterocycles. The van der Waals surface area contributed by atoms with Gasteiger partial charge in [0.2, 0.25) is 0 Å². The van der Waals surface area contributed by atoms with E-state index in [1.165, 1.54) is 6.07 Å². The fourth-order valence-electron chi connectivity index (χ4n) is 1.26. The molecule has 76 valence electrons. The molecule has 0 spiro atoms. The zero-order chi connectivity index (χ0) is 10.6. The molecule has 1 rings (SSSR count). The summed E-state index contributed by atoms with van der Waals surface area (Å²) in [7, 11) is 0. The van der Waals surface area contributed by atoms with Crippen LogP contribution >= 0.6 is 11.6 Å². The summed E-state index contributed by atoms with van der Waals surface area (Å²) in [6, 6.07) is 4.46. The Morgan fingerprint density at radius 1 is 1.57 bits per heavy atom. The van der Waals surface area contributed by atoms with Gasteiger partial charge in [-0.2, -0.15) is 0 Å². The minimum Gasteiger partial charge on any atom is -0.324 e. The average Bonchev–Trinajstić information content (AvgIpc) is 2.18. The number of nitrogens with two attached hydrogens (primary N) is 1. The van der Waals surface area contributed by atoms with Gasteiger partial charge in [-0.25, -0.2) is 4.39 Å². The van der Waals surface area contributed by atoms with E-state index >= 15 is 0 Å². The van der Waals surface area contributed by atoms with Gasteiger partial charge < -0.3 is 5.73 Å². The quantitative estimate of drug-likeness (QED) is 0.762. The smallest absolute Gasteiger partial charge is 0.142 e. The van der Waals surface area contributed by atoms with Gasteiger partial charge in [-0.05, 0) is 24.5 Å². The van der Waals surface area contributed by atoms with Crippen LogP contribution in [0.1, 0.15) is 24.4 Å². The zero-order valence-electron chi connectivity index (χ0n) is 7.84. The second-order valence-electron chi connectivity index (χ2n) is 3.12. The van der Waals surface area contributed by atoms with Gasteiger partial charge in [0, 0.05) is 6.04 Å². The van der Waals surface area contributed by atoms with E-state index in [4.69, 9.17) is 17.3 Å². The molecule has 0 aliphatic carbocycles. The molecule has 0 fully saturated rings. The molecule has 0 bridgehead atoms. The Morgan fingerprint density at radius 3 is 2.93 bits per heavy atom. The lowest BCUT2D eigenvalue weighted by Crippen LogP contribution is -2.10. The Bertz CT molecular complexity index is 325. The summed E-state index contributed by atoms with van der Waals surface area (Å²) in [5.41, 5.74) is 6.51. The summed E-state index contributed by atoms with van der Waals surface area (Å²) in [5.74, 6) is -0.418. The van der Waals surface area contributed by atoms with Crippen molar-refractivity contribution >= 4 is 11.6 Å². The van der Waals surface area contributed by atoms with Gasteiger partial charge in [-0.15, -0.1) is 6.58 Å². The largest absolute Gasteiger partial charge is 0.324 e. The highest BCUT2D eigenvalue weighted by molar-refractivity contribution is 6.31. The van der Waals surface area contributed by atoms with Crippen molar-refractivity contribution in [1.82, 2.24) is 0 Å². The van der Waals surface area contributed by atoms with Gasteiger partial charge in [0.05, 0.1) is 5.02 Å². The van der Waals surface area contributed by atoms with Crippen molar-refractivity contribution in [2.75, 3.05) is 0 Å². The molecule has 2 N–H and O–H groups in total. The van der Waals surface area contributed by atoms with E-state index in [-0.39, 0.29) is 11.1 Å². The van der Waals surface area contributed by atoms with Crippen molar-refractivity contribution in [2.45, 2.75) is 18.9 Å². The topological polar surface area (TPSA) is 26.0 Å². The second kappa shape index (κ2) is 5.13. The molecule has 0 amide bonds. The molecule has 3 heteroatoms. The summed E-state index contributed by atoms with van der Waals surface area (Å²) in [6.07, 6.45) is 3.31. The van der Waals surface area contributed by atoms with Crippen molar-refractivity contribution in [3.05, 3.63) is 47.3 Å². The molecule has 0 radical (unpaired) electrons. The molecule has 1 aromatic rings. The normalized spacial score (nSPS) is 12.5. The van der Waals surface area contributed by atoms with Crippen LogP contribution in [0.5, 0.6) is 0 Å². The second-order valence-corrected chi connectivity index (χ2v) is 3.49. The van der Waals surface area contributed by atoms with Gasteiger partial charge >= 0.3 is 0 Å². The van der Waals surface area contributed by atoms with Gasteiger partial charge in [0.15, 0.2) is 0 Å². The number of benzene rings is 1. The van der Waals surface area contributed by atoms with Crippen LogP contribution in [0.15, 0.2) is 30.9 Å². The first-order valence-electron chi connectivity index (χ1n) is 4.47. The molecule has 0 aromatic heterocycles. The van der Waals surface area contributed by atoms with E-state index in [2.05, 4.69) is 6.58 Å². The summed E-state index contributed by atoms with van der Waals surface area (Å²) in [4.78, 5) is 0. The Kier molecular flexibility index (Phi) is 4.11. The highest BCUT2D eigenvalue weighted by Gasteiger charge is 2.11. The Labute approximate surface area is 88.4 Å². The fraction of sp³-hybridized carbons (Fsp3) is 0.273. The number of rotatable bonds is 4. The summed E-state index contributed by atoms with van der Waals surface area (Å²) in [5, 5.41) is 0.129. The number of allylic oxidation sites excluding steroid dienone is 1. The van der Waals surface area contributed by atoms with Crippen LogP contribution in [-0.4, -0.2) is 0 Å². The molecule has 0 aliphatic heterocycles. The van der Waals surface area contributed by atoms with E-state index in [9.17, 15) is 4.39 Å². The Hall–Kier alpha value is -0.860. The first-order chi connectivity index (χ1) is 6.66. The van der Waals surface area contributed by atoms with Crippen LogP contribution in [0.25, 0.3) is 0 Å². The van der Waals surface area contributed by atoms with Crippen molar-refractivity contribution < 1.29 is 4.39 Å². The molecule has 14 heavy (non-hydrogen) atoms. The summed E-state index contributed by atoms with van der Waals surface area (Å²) >= 11 is 5.79. The Balaban J connectivity index is 2.83. The molecule has 0 saturated heterocycles. The predicted molar refractivity (Wildman–Crippen MR) is 57.8 cm³/mol. The lowest BCUT2D eigenvalue weighted by atomic mass is 10.0. The van der Waals surface area contributed by atoms with Crippen LogP contribution in [0.4, 0.5) is 4.39 Å². The molecular formula is C11H13ClFN. The van der Waals surface area contributed by atoms with E-state index < -0.39 is 5.82 Å². The van der Waals surface area contributed by atoms with Crippen LogP contribution in [0.3, 0.4) is 0 Å². The van der Waals surface area contributed by atoms with E-state index in [1.807, 2.05) is 0 Å². The third-order valence-corrected chi connectivity index (χ3v) is 2.46. The maximum atomic E-state index is 13.1. The lowest BCUT2D eigenvalue weighted by molar-refractivity contribution is 0.612. The highest BCUT2D eigenvalue weighted by atomic mass is 35.5. The van der Waals surface area contributed by atoms with Gasteiger partial charge in [-0.1, -0.05) is 29.8 Å². The molecule has 0 unspecified atom stereocenters. The maximum Gasteiger partial charge on any atom is 0.142 e. The van der Waals surface area contributed by atoms with Gasteiger partial charge in [0.1, 0.15) is 5.82 Å². The van der Waals surface area contributed by atoms with E-state index in [1.54, 1.807) is 18.2 Å². The standard InChI is InChI=1S/C11H13ClFN/c1-2-3-7-10(14)8-5-4-6-9(13)11(8)12/h2,4-6,10H,1,3,7,14H2/t10-/m1/s1. The van der Waals surface area contributed by atoms with Crippen LogP contribution in [-0.2, 0) is 0 Å². The first kappa shape index (κ1) is 11.2. The minimum absolute atomic E-state index is 0.129. The zero-order valence-corrected chi connectivity index (χ0v) is 8.60. The summed E-state index contributed by atoms with van der Waals surface area (Å²) in [6.45, 7) is 3.60. The number of halogens is 2. The molecule has 0 saturated carbocycles. The van der Waals surface area contributed by atoms with Gasteiger partial charge in [0.25, 0.3) is 0 Å². The van der Waals surface area contributed by atoms with Crippen molar-refractivity contribution in [3.63, 3.8) is 0 Å². The predicted octanol–water partition coefficient (Wildman–Crippen LogP) is 3.45. The Morgan fingerprint density at radius 2 is 2.29 bits per heavy atom. The molecule has 1 atom stereocenters. The van der Waals surface area contributed by atoms with E-state index in [0.717, 1.165) is 12.8 Å². The number of hydrogen-bond donors (Lipinski definition) is 1. The molecule has 1 aromatic carbocycles. The average molecular weight is 214 g/mol. The van der Waals surface area contributed by atoms with Crippen molar-refractivity contribution in [1.29, 1.82) is 0 Å². The van der Waals surface area contributed by atoms with Crippen LogP contribution in [0, 0.1) is 5.82 Å². The minimum atomic E-state index is -0.418.